The Bertz CT molecular complexity index is 211. The summed E-state index contributed by atoms with van der Waals surface area (Å²) in [5, 5.41) is 8.93. The maximum absolute atomic E-state index is 10.8. The van der Waals surface area contributed by atoms with Crippen molar-refractivity contribution in [3.63, 3.8) is 0 Å². The molecule has 0 aromatic heterocycles. The van der Waals surface area contributed by atoms with Gasteiger partial charge in [-0.15, -0.1) is 0 Å². The molecule has 4 heteroatoms. The van der Waals surface area contributed by atoms with E-state index >= 15 is 0 Å². The quantitative estimate of drug-likeness (QED) is 0.734. The first-order chi connectivity index (χ1) is 7.15. The van der Waals surface area contributed by atoms with Gasteiger partial charge >= 0.3 is 5.97 Å². The van der Waals surface area contributed by atoms with Crippen molar-refractivity contribution in [2.24, 2.45) is 5.92 Å². The van der Waals surface area contributed by atoms with E-state index in [1.165, 1.54) is 11.5 Å². The molecule has 3 nitrogen and oxygen atoms in total. The first-order valence-electron chi connectivity index (χ1n) is 5.69. The molecule has 1 fully saturated rings. The van der Waals surface area contributed by atoms with Crippen LogP contribution in [0, 0.1) is 5.92 Å². The summed E-state index contributed by atoms with van der Waals surface area (Å²) >= 11 is 1.95. The molecule has 1 N–H and O–H groups in total. The maximum atomic E-state index is 10.8. The second-order valence-electron chi connectivity index (χ2n) is 4.14. The summed E-state index contributed by atoms with van der Waals surface area (Å²) in [5.74, 6) is 1.60. The van der Waals surface area contributed by atoms with Crippen molar-refractivity contribution in [3.05, 3.63) is 0 Å². The van der Waals surface area contributed by atoms with Gasteiger partial charge in [0.05, 0.1) is 5.92 Å². The smallest absolute Gasteiger partial charge is 0.306 e. The van der Waals surface area contributed by atoms with Crippen LogP contribution in [0.3, 0.4) is 0 Å². The summed E-state index contributed by atoms with van der Waals surface area (Å²) in [6.07, 6.45) is 1.63. The third-order valence-corrected chi connectivity index (χ3v) is 3.97. The third kappa shape index (κ3) is 4.03. The number of hydrogen-bond donors (Lipinski definition) is 1. The fourth-order valence-corrected chi connectivity index (χ4v) is 2.76. The van der Waals surface area contributed by atoms with Crippen LogP contribution in [0.5, 0.6) is 0 Å². The lowest BCUT2D eigenvalue weighted by molar-refractivity contribution is -0.144. The Morgan fingerprint density at radius 2 is 2.33 bits per heavy atom. The Morgan fingerprint density at radius 1 is 1.60 bits per heavy atom. The van der Waals surface area contributed by atoms with Gasteiger partial charge in [-0.1, -0.05) is 6.92 Å². The maximum Gasteiger partial charge on any atom is 0.306 e. The highest BCUT2D eigenvalue weighted by Gasteiger charge is 2.28. The second kappa shape index (κ2) is 6.38. The number of piperidine rings is 1. The molecule has 1 saturated heterocycles. The van der Waals surface area contributed by atoms with E-state index in [9.17, 15) is 4.79 Å². The molecule has 88 valence electrons. The predicted octanol–water partition coefficient (Wildman–Crippen LogP) is 1.92. The van der Waals surface area contributed by atoms with Gasteiger partial charge in [0.15, 0.2) is 0 Å². The zero-order valence-electron chi connectivity index (χ0n) is 9.61. The van der Waals surface area contributed by atoms with E-state index < -0.39 is 5.97 Å². The number of hydrogen-bond acceptors (Lipinski definition) is 3. The minimum Gasteiger partial charge on any atom is -0.481 e. The van der Waals surface area contributed by atoms with Crippen molar-refractivity contribution < 1.29 is 9.90 Å². The van der Waals surface area contributed by atoms with Crippen LogP contribution < -0.4 is 0 Å². The van der Waals surface area contributed by atoms with E-state index in [-0.39, 0.29) is 5.92 Å². The first kappa shape index (κ1) is 12.8. The minimum absolute atomic E-state index is 0.116. The van der Waals surface area contributed by atoms with Crippen molar-refractivity contribution in [2.75, 3.05) is 24.6 Å². The van der Waals surface area contributed by atoms with Crippen LogP contribution in [-0.2, 0) is 4.79 Å². The van der Waals surface area contributed by atoms with Gasteiger partial charge in [0.2, 0.25) is 0 Å². The van der Waals surface area contributed by atoms with E-state index in [2.05, 4.69) is 18.7 Å². The summed E-state index contributed by atoms with van der Waals surface area (Å²) in [7, 11) is 0. The van der Waals surface area contributed by atoms with Crippen molar-refractivity contribution in [3.8, 4) is 0 Å². The first-order valence-corrected chi connectivity index (χ1v) is 6.85. The summed E-state index contributed by atoms with van der Waals surface area (Å²) < 4.78 is 0. The molecule has 0 spiro atoms. The third-order valence-electron chi connectivity index (χ3n) is 3.09. The topological polar surface area (TPSA) is 40.5 Å². The van der Waals surface area contributed by atoms with Crippen molar-refractivity contribution in [1.82, 2.24) is 4.90 Å². The van der Waals surface area contributed by atoms with Gasteiger partial charge in [0.25, 0.3) is 0 Å². The minimum atomic E-state index is -0.621. The summed E-state index contributed by atoms with van der Waals surface area (Å²) in [5.41, 5.74) is 0. The Kier molecular flexibility index (Phi) is 5.47. The highest BCUT2D eigenvalue weighted by atomic mass is 32.2. The van der Waals surface area contributed by atoms with E-state index in [0.29, 0.717) is 6.04 Å². The molecule has 2 unspecified atom stereocenters. The molecule has 0 saturated carbocycles. The molecule has 0 aromatic carbocycles. The zero-order chi connectivity index (χ0) is 11.3. The molecule has 0 radical (unpaired) electrons. The largest absolute Gasteiger partial charge is 0.481 e. The molecule has 1 rings (SSSR count). The van der Waals surface area contributed by atoms with Gasteiger partial charge in [0, 0.05) is 18.3 Å². The average molecular weight is 231 g/mol. The normalized spacial score (nSPS) is 27.9. The number of carbonyl (C=O) groups is 1. The van der Waals surface area contributed by atoms with E-state index in [1.807, 2.05) is 11.8 Å². The van der Waals surface area contributed by atoms with Crippen molar-refractivity contribution in [1.29, 1.82) is 0 Å². The molecule has 0 aromatic rings. The molecule has 1 heterocycles. The molecule has 0 aliphatic carbocycles. The number of aliphatic carboxylic acids is 1. The summed E-state index contributed by atoms with van der Waals surface area (Å²) in [4.78, 5) is 13.3. The number of likely N-dealkylation sites (tertiary alicyclic amines) is 1. The van der Waals surface area contributed by atoms with Gasteiger partial charge in [-0.3, -0.25) is 9.69 Å². The second-order valence-corrected chi connectivity index (χ2v) is 5.54. The van der Waals surface area contributed by atoms with E-state index in [1.54, 1.807) is 0 Å². The van der Waals surface area contributed by atoms with Crippen LogP contribution in [0.2, 0.25) is 0 Å². The van der Waals surface area contributed by atoms with Crippen molar-refractivity contribution >= 4 is 17.7 Å². The lowest BCUT2D eigenvalue weighted by atomic mass is 9.92. The molecule has 2 atom stereocenters. The van der Waals surface area contributed by atoms with Crippen LogP contribution in [-0.4, -0.2) is 46.6 Å². The Hall–Kier alpha value is -0.220. The van der Waals surface area contributed by atoms with Gasteiger partial charge in [-0.2, -0.15) is 11.8 Å². The molecule has 0 amide bonds. The molecule has 15 heavy (non-hydrogen) atoms. The van der Waals surface area contributed by atoms with Gasteiger partial charge in [0.1, 0.15) is 0 Å². The fourth-order valence-electron chi connectivity index (χ4n) is 2.10. The molecule has 0 bridgehead atoms. The van der Waals surface area contributed by atoms with Crippen LogP contribution in [0.4, 0.5) is 0 Å². The summed E-state index contributed by atoms with van der Waals surface area (Å²) in [6, 6.07) is 0.428. The standard InChI is InChI=1S/C11H21NO2S/c1-3-15-7-6-12-5-4-10(11(13)14)8-9(12)2/h9-10H,3-8H2,1-2H3,(H,13,14). The van der Waals surface area contributed by atoms with E-state index in [4.69, 9.17) is 5.11 Å². The Balaban J connectivity index is 2.29. The SMILES string of the molecule is CCSCCN1CCC(C(=O)O)CC1C. The molecular formula is C11H21NO2S. The highest BCUT2D eigenvalue weighted by Crippen LogP contribution is 2.23. The van der Waals surface area contributed by atoms with Crippen LogP contribution in [0.15, 0.2) is 0 Å². The van der Waals surface area contributed by atoms with Gasteiger partial charge in [-0.25, -0.2) is 0 Å². The van der Waals surface area contributed by atoms with Gasteiger partial charge in [-0.05, 0) is 32.1 Å². The number of nitrogens with zero attached hydrogens (tertiary/aromatic N) is 1. The zero-order valence-corrected chi connectivity index (χ0v) is 10.4. The lowest BCUT2D eigenvalue weighted by Crippen LogP contribution is -2.43. The fraction of sp³-hybridized carbons (Fsp3) is 0.909. The van der Waals surface area contributed by atoms with E-state index in [0.717, 1.165) is 25.9 Å². The van der Waals surface area contributed by atoms with Crippen molar-refractivity contribution in [2.45, 2.75) is 32.7 Å². The predicted molar refractivity (Wildman–Crippen MR) is 64.4 cm³/mol. The molecular weight excluding hydrogens is 210 g/mol. The number of carboxylic acid groups (broad SMARTS) is 1. The summed E-state index contributed by atoms with van der Waals surface area (Å²) in [6.45, 7) is 6.37. The van der Waals surface area contributed by atoms with Crippen LogP contribution in [0.1, 0.15) is 26.7 Å². The Morgan fingerprint density at radius 3 is 2.87 bits per heavy atom. The highest BCUT2D eigenvalue weighted by molar-refractivity contribution is 7.99. The van der Waals surface area contributed by atoms with Gasteiger partial charge < -0.3 is 5.11 Å². The number of rotatable bonds is 5. The Labute approximate surface area is 96.2 Å². The molecule has 1 aliphatic rings. The number of thioether (sulfide) groups is 1. The van der Waals surface area contributed by atoms with Crippen LogP contribution >= 0.6 is 11.8 Å². The average Bonchev–Trinajstić information content (AvgIpc) is 2.20. The lowest BCUT2D eigenvalue weighted by Gasteiger charge is -2.36. The monoisotopic (exact) mass is 231 g/mol. The molecule has 1 aliphatic heterocycles. The number of carboxylic acids is 1. The van der Waals surface area contributed by atoms with Crippen LogP contribution in [0.25, 0.3) is 0 Å².